The zero-order valence-electron chi connectivity index (χ0n) is 14.4. The molecular weight excluding hydrogens is 337 g/mol. The molecule has 0 aromatic heterocycles. The molecule has 1 aliphatic rings. The first-order valence-corrected chi connectivity index (χ1v) is 8.27. The third-order valence-electron chi connectivity index (χ3n) is 4.32. The molecule has 0 aliphatic carbocycles. The number of amides is 2. The van der Waals surface area contributed by atoms with Gasteiger partial charge in [0.25, 0.3) is 0 Å². The van der Waals surface area contributed by atoms with E-state index in [-0.39, 0.29) is 24.2 Å². The van der Waals surface area contributed by atoms with Gasteiger partial charge in [-0.15, -0.1) is 0 Å². The van der Waals surface area contributed by atoms with Crippen molar-refractivity contribution in [1.29, 1.82) is 0 Å². The van der Waals surface area contributed by atoms with Gasteiger partial charge < -0.3 is 15.4 Å². The Morgan fingerprint density at radius 1 is 1.19 bits per heavy atom. The van der Waals surface area contributed by atoms with Crippen LogP contribution in [0, 0.1) is 11.7 Å². The van der Waals surface area contributed by atoms with Crippen molar-refractivity contribution in [3.8, 4) is 11.1 Å². The van der Waals surface area contributed by atoms with Gasteiger partial charge in [0.15, 0.2) is 0 Å². The van der Waals surface area contributed by atoms with Crippen LogP contribution in [0.5, 0.6) is 0 Å². The molecule has 6 nitrogen and oxygen atoms in total. The van der Waals surface area contributed by atoms with Crippen molar-refractivity contribution in [1.82, 2.24) is 4.90 Å². The van der Waals surface area contributed by atoms with Crippen LogP contribution in [-0.2, 0) is 9.53 Å². The molecule has 1 aliphatic heterocycles. The molecule has 136 valence electrons. The molecule has 1 saturated heterocycles. The maximum Gasteiger partial charge on any atom is 0.411 e. The molecule has 0 radical (unpaired) electrons. The van der Waals surface area contributed by atoms with Crippen molar-refractivity contribution in [2.45, 2.75) is 6.92 Å². The van der Waals surface area contributed by atoms with E-state index in [0.717, 1.165) is 11.1 Å². The van der Waals surface area contributed by atoms with Gasteiger partial charge in [0.1, 0.15) is 5.82 Å². The fourth-order valence-electron chi connectivity index (χ4n) is 2.76. The number of nitrogens with two attached hydrogens (primary N) is 1. The number of halogens is 1. The normalized spacial score (nSPS) is 13.8. The van der Waals surface area contributed by atoms with Crippen LogP contribution in [0.3, 0.4) is 0 Å². The van der Waals surface area contributed by atoms with E-state index in [9.17, 15) is 14.0 Å². The molecule has 0 spiro atoms. The summed E-state index contributed by atoms with van der Waals surface area (Å²) in [5.41, 5.74) is 8.34. The van der Waals surface area contributed by atoms with Gasteiger partial charge in [-0.25, -0.2) is 9.18 Å². The number of hydrogen-bond donors (Lipinski definition) is 2. The molecule has 1 fully saturated rings. The standard InChI is InChI=1S/C19H20FN3O3/c1-12(24)23-9-13(10-23)11-26-19(25)22-18-8-15(4-7-17(18)21)14-2-5-16(20)6-3-14/h2-8,13H,9-11,21H2,1H3,(H,22,25). The lowest BCUT2D eigenvalue weighted by Gasteiger charge is -2.38. The Kier molecular flexibility index (Phi) is 5.06. The maximum absolute atomic E-state index is 13.1. The van der Waals surface area contributed by atoms with Gasteiger partial charge in [-0.05, 0) is 35.4 Å². The SMILES string of the molecule is CC(=O)N1CC(COC(=O)Nc2cc(-c3ccc(F)cc3)ccc2N)C1. The summed E-state index contributed by atoms with van der Waals surface area (Å²) >= 11 is 0. The molecule has 0 bridgehead atoms. The third kappa shape index (κ3) is 4.11. The van der Waals surface area contributed by atoms with Crippen molar-refractivity contribution in [3.63, 3.8) is 0 Å². The van der Waals surface area contributed by atoms with E-state index in [2.05, 4.69) is 5.32 Å². The van der Waals surface area contributed by atoms with Gasteiger partial charge in [-0.3, -0.25) is 10.1 Å². The highest BCUT2D eigenvalue weighted by molar-refractivity contribution is 5.90. The van der Waals surface area contributed by atoms with E-state index < -0.39 is 6.09 Å². The van der Waals surface area contributed by atoms with Crippen LogP contribution >= 0.6 is 0 Å². The van der Waals surface area contributed by atoms with Gasteiger partial charge in [-0.1, -0.05) is 18.2 Å². The number of ether oxygens (including phenoxy) is 1. The molecule has 0 saturated carbocycles. The lowest BCUT2D eigenvalue weighted by atomic mass is 10.0. The van der Waals surface area contributed by atoms with E-state index in [1.807, 2.05) is 0 Å². The second-order valence-corrected chi connectivity index (χ2v) is 6.32. The van der Waals surface area contributed by atoms with Crippen LogP contribution in [0.4, 0.5) is 20.6 Å². The van der Waals surface area contributed by atoms with Gasteiger partial charge in [-0.2, -0.15) is 0 Å². The summed E-state index contributed by atoms with van der Waals surface area (Å²) < 4.78 is 18.3. The molecule has 2 aromatic carbocycles. The van der Waals surface area contributed by atoms with Crippen LogP contribution in [0.1, 0.15) is 6.92 Å². The van der Waals surface area contributed by atoms with Gasteiger partial charge >= 0.3 is 6.09 Å². The van der Waals surface area contributed by atoms with E-state index in [1.54, 1.807) is 35.2 Å². The van der Waals surface area contributed by atoms with Gasteiger partial charge in [0.05, 0.1) is 18.0 Å². The van der Waals surface area contributed by atoms with E-state index >= 15 is 0 Å². The molecule has 1 heterocycles. The predicted molar refractivity (Wildman–Crippen MR) is 97.0 cm³/mol. The first-order valence-electron chi connectivity index (χ1n) is 8.27. The number of benzene rings is 2. The number of anilines is 2. The van der Waals surface area contributed by atoms with Crippen LogP contribution in [-0.4, -0.2) is 36.6 Å². The number of carbonyl (C=O) groups is 2. The number of nitrogen functional groups attached to an aromatic ring is 1. The highest BCUT2D eigenvalue weighted by atomic mass is 19.1. The average Bonchev–Trinajstić information content (AvgIpc) is 2.56. The summed E-state index contributed by atoms with van der Waals surface area (Å²) in [5.74, 6) is -0.130. The molecule has 3 rings (SSSR count). The Bertz CT molecular complexity index is 817. The largest absolute Gasteiger partial charge is 0.449 e. The van der Waals surface area contributed by atoms with Crippen LogP contribution in [0.2, 0.25) is 0 Å². The van der Waals surface area contributed by atoms with E-state index in [4.69, 9.17) is 10.5 Å². The minimum absolute atomic E-state index is 0.0242. The first-order chi connectivity index (χ1) is 12.4. The summed E-state index contributed by atoms with van der Waals surface area (Å²) in [7, 11) is 0. The van der Waals surface area contributed by atoms with Crippen LogP contribution in [0.15, 0.2) is 42.5 Å². The summed E-state index contributed by atoms with van der Waals surface area (Å²) in [4.78, 5) is 24.8. The van der Waals surface area contributed by atoms with Crippen LogP contribution < -0.4 is 11.1 Å². The van der Waals surface area contributed by atoms with Gasteiger partial charge in [0, 0.05) is 25.9 Å². The monoisotopic (exact) mass is 357 g/mol. The highest BCUT2D eigenvalue weighted by Crippen LogP contribution is 2.27. The van der Waals surface area contributed by atoms with E-state index in [0.29, 0.717) is 24.5 Å². The Hall–Kier alpha value is -3.09. The molecule has 26 heavy (non-hydrogen) atoms. The van der Waals surface area contributed by atoms with Crippen molar-refractivity contribution in [2.24, 2.45) is 5.92 Å². The summed E-state index contributed by atoms with van der Waals surface area (Å²) in [5, 5.41) is 2.63. The van der Waals surface area contributed by atoms with Crippen molar-refractivity contribution in [3.05, 3.63) is 48.3 Å². The summed E-state index contributed by atoms with van der Waals surface area (Å²) in [6.45, 7) is 2.96. The van der Waals surface area contributed by atoms with Crippen molar-refractivity contribution < 1.29 is 18.7 Å². The smallest absolute Gasteiger partial charge is 0.411 e. The fourth-order valence-corrected chi connectivity index (χ4v) is 2.76. The topological polar surface area (TPSA) is 84.7 Å². The second kappa shape index (κ2) is 7.43. The molecule has 7 heteroatoms. The Morgan fingerprint density at radius 3 is 2.50 bits per heavy atom. The molecular formula is C19H20FN3O3. The number of nitrogens with one attached hydrogen (secondary N) is 1. The number of likely N-dealkylation sites (tertiary alicyclic amines) is 1. The first kappa shape index (κ1) is 17.7. The van der Waals surface area contributed by atoms with Crippen molar-refractivity contribution in [2.75, 3.05) is 30.7 Å². The van der Waals surface area contributed by atoms with E-state index in [1.165, 1.54) is 19.1 Å². The number of hydrogen-bond acceptors (Lipinski definition) is 4. The molecule has 0 unspecified atom stereocenters. The predicted octanol–water partition coefficient (Wildman–Crippen LogP) is 3.10. The minimum atomic E-state index is -0.603. The van der Waals surface area contributed by atoms with Crippen molar-refractivity contribution >= 4 is 23.4 Å². The number of carbonyl (C=O) groups excluding carboxylic acids is 2. The quantitative estimate of drug-likeness (QED) is 0.824. The second-order valence-electron chi connectivity index (χ2n) is 6.32. The van der Waals surface area contributed by atoms with Gasteiger partial charge in [0.2, 0.25) is 5.91 Å². The van der Waals surface area contributed by atoms with Crippen LogP contribution in [0.25, 0.3) is 11.1 Å². The molecule has 2 amide bonds. The zero-order chi connectivity index (χ0) is 18.7. The summed E-state index contributed by atoms with van der Waals surface area (Å²) in [6.07, 6.45) is -0.603. The third-order valence-corrected chi connectivity index (χ3v) is 4.32. The molecule has 2 aromatic rings. The zero-order valence-corrected chi connectivity index (χ0v) is 14.4. The maximum atomic E-state index is 13.1. The summed E-state index contributed by atoms with van der Waals surface area (Å²) in [6, 6.07) is 11.2. The molecule has 0 atom stereocenters. The average molecular weight is 357 g/mol. The highest BCUT2D eigenvalue weighted by Gasteiger charge is 2.29. The Balaban J connectivity index is 1.58. The lowest BCUT2D eigenvalue weighted by molar-refractivity contribution is -0.135. The number of nitrogens with zero attached hydrogens (tertiary/aromatic N) is 1. The fraction of sp³-hybridized carbons (Fsp3) is 0.263. The lowest BCUT2D eigenvalue weighted by Crippen LogP contribution is -2.51. The number of rotatable bonds is 4. The Labute approximate surface area is 150 Å². The molecule has 3 N–H and O–H groups in total. The minimum Gasteiger partial charge on any atom is -0.449 e. The Morgan fingerprint density at radius 2 is 1.85 bits per heavy atom.